The lowest BCUT2D eigenvalue weighted by molar-refractivity contribution is 0.0602. The number of aryl methyl sites for hydroxylation is 2. The van der Waals surface area contributed by atoms with Gasteiger partial charge in [-0.05, 0) is 76.1 Å². The van der Waals surface area contributed by atoms with Gasteiger partial charge < -0.3 is 13.9 Å². The molecule has 0 aliphatic carbocycles. The number of furan rings is 1. The number of fused-ring (bicyclic) bond motifs is 2. The van der Waals surface area contributed by atoms with E-state index in [1.54, 1.807) is 51.1 Å². The van der Waals surface area contributed by atoms with E-state index in [0.29, 0.717) is 46.7 Å². The average molecular weight is 587 g/mol. The highest BCUT2D eigenvalue weighted by molar-refractivity contribution is 7.89. The zero-order valence-corrected chi connectivity index (χ0v) is 25.4. The van der Waals surface area contributed by atoms with E-state index in [2.05, 4.69) is 4.72 Å². The van der Waals surface area contributed by atoms with E-state index in [1.165, 1.54) is 7.11 Å². The molecular formula is C33H34N2O6S. The third-order valence-corrected chi connectivity index (χ3v) is 8.70. The summed E-state index contributed by atoms with van der Waals surface area (Å²) in [5.41, 5.74) is 4.37. The Morgan fingerprint density at radius 2 is 1.71 bits per heavy atom. The molecule has 42 heavy (non-hydrogen) atoms. The lowest BCUT2D eigenvalue weighted by atomic mass is 10.0. The Bertz CT molecular complexity index is 1900. The van der Waals surface area contributed by atoms with Crippen LogP contribution < -0.4 is 9.46 Å². The van der Waals surface area contributed by atoms with Crippen molar-refractivity contribution in [2.24, 2.45) is 0 Å². The molecule has 0 radical (unpaired) electrons. The first-order valence-corrected chi connectivity index (χ1v) is 15.1. The van der Waals surface area contributed by atoms with Crippen LogP contribution in [0.15, 0.2) is 76.0 Å². The summed E-state index contributed by atoms with van der Waals surface area (Å²) in [4.78, 5) is 18.2. The van der Waals surface area contributed by atoms with E-state index in [1.807, 2.05) is 50.2 Å². The highest BCUT2D eigenvalue weighted by atomic mass is 32.2. The van der Waals surface area contributed by atoms with Crippen LogP contribution in [0, 0.1) is 13.8 Å². The standard InChI is InChI=1S/C33H34N2O6S/c1-20-11-16-28(40-18-17-22-12-14-23(15-13-22)42(37,38)35-33(3,4)5)29-25(32(36)39-6)19-26(34-30(20)29)31-21(2)24-9-7-8-10-27(24)41-31/h7-16,19,35H,17-18H2,1-6H3. The normalized spacial score (nSPS) is 12.1. The molecule has 0 saturated carbocycles. The number of nitrogens with one attached hydrogen (secondary N) is 1. The minimum absolute atomic E-state index is 0.205. The second-order valence-electron chi connectivity index (χ2n) is 11.3. The molecule has 0 unspecified atom stereocenters. The minimum Gasteiger partial charge on any atom is -0.493 e. The van der Waals surface area contributed by atoms with E-state index in [-0.39, 0.29) is 4.90 Å². The zero-order chi connectivity index (χ0) is 30.2. The Morgan fingerprint density at radius 1 is 1.00 bits per heavy atom. The third-order valence-electron chi connectivity index (χ3n) is 6.93. The summed E-state index contributed by atoms with van der Waals surface area (Å²) in [5, 5.41) is 1.55. The van der Waals surface area contributed by atoms with Gasteiger partial charge >= 0.3 is 5.97 Å². The number of carbonyl (C=O) groups excluding carboxylic acids is 1. The molecule has 0 fully saturated rings. The number of methoxy groups -OCH3 is 1. The molecule has 8 nitrogen and oxygen atoms in total. The van der Waals surface area contributed by atoms with E-state index < -0.39 is 21.5 Å². The first-order valence-electron chi connectivity index (χ1n) is 13.6. The number of rotatable bonds is 8. The first kappa shape index (κ1) is 29.3. The largest absolute Gasteiger partial charge is 0.493 e. The number of hydrogen-bond acceptors (Lipinski definition) is 7. The summed E-state index contributed by atoms with van der Waals surface area (Å²) in [6.45, 7) is 9.60. The van der Waals surface area contributed by atoms with Crippen LogP contribution >= 0.6 is 0 Å². The number of carbonyl (C=O) groups is 1. The molecule has 5 rings (SSSR count). The van der Waals surface area contributed by atoms with Gasteiger partial charge in [0.15, 0.2) is 5.76 Å². The number of ether oxygens (including phenoxy) is 2. The van der Waals surface area contributed by atoms with Crippen LogP contribution in [0.1, 0.15) is 47.8 Å². The second-order valence-corrected chi connectivity index (χ2v) is 13.0. The van der Waals surface area contributed by atoms with Crippen LogP contribution in [-0.4, -0.2) is 38.6 Å². The van der Waals surface area contributed by atoms with Crippen molar-refractivity contribution in [2.75, 3.05) is 13.7 Å². The number of para-hydroxylation sites is 1. The molecule has 1 N–H and O–H groups in total. The van der Waals surface area contributed by atoms with Gasteiger partial charge in [0.25, 0.3) is 0 Å². The van der Waals surface area contributed by atoms with Gasteiger partial charge in [0.2, 0.25) is 10.0 Å². The molecule has 9 heteroatoms. The molecule has 0 saturated heterocycles. The number of esters is 1. The van der Waals surface area contributed by atoms with Crippen molar-refractivity contribution in [3.8, 4) is 17.2 Å². The maximum Gasteiger partial charge on any atom is 0.338 e. The number of benzene rings is 3. The fraction of sp³-hybridized carbons (Fsp3) is 0.273. The number of pyridine rings is 1. The predicted octanol–water partition coefficient (Wildman–Crippen LogP) is 6.75. The van der Waals surface area contributed by atoms with Crippen LogP contribution in [0.3, 0.4) is 0 Å². The fourth-order valence-corrected chi connectivity index (χ4v) is 6.36. The summed E-state index contributed by atoms with van der Waals surface area (Å²) in [6.07, 6.45) is 0.527. The van der Waals surface area contributed by atoms with E-state index in [0.717, 1.165) is 27.7 Å². The van der Waals surface area contributed by atoms with E-state index >= 15 is 0 Å². The van der Waals surface area contributed by atoms with Crippen molar-refractivity contribution in [3.05, 3.63) is 89.0 Å². The Morgan fingerprint density at radius 3 is 2.38 bits per heavy atom. The Kier molecular flexibility index (Phi) is 7.83. The van der Waals surface area contributed by atoms with E-state index in [9.17, 15) is 13.2 Å². The molecule has 5 aromatic rings. The third kappa shape index (κ3) is 5.89. The molecule has 0 aliphatic rings. The highest BCUT2D eigenvalue weighted by Crippen LogP contribution is 2.37. The van der Waals surface area contributed by atoms with Gasteiger partial charge in [0, 0.05) is 22.9 Å². The van der Waals surface area contributed by atoms with Gasteiger partial charge in [-0.2, -0.15) is 0 Å². The maximum atomic E-state index is 13.0. The molecule has 0 bridgehead atoms. The zero-order valence-electron chi connectivity index (χ0n) is 24.6. The maximum absolute atomic E-state index is 13.0. The lowest BCUT2D eigenvalue weighted by Gasteiger charge is -2.20. The predicted molar refractivity (Wildman–Crippen MR) is 163 cm³/mol. The highest BCUT2D eigenvalue weighted by Gasteiger charge is 2.23. The van der Waals surface area contributed by atoms with Gasteiger partial charge in [0.1, 0.15) is 17.0 Å². The smallest absolute Gasteiger partial charge is 0.338 e. The summed E-state index contributed by atoms with van der Waals surface area (Å²) in [6, 6.07) is 19.9. The van der Waals surface area contributed by atoms with Crippen molar-refractivity contribution < 1.29 is 27.1 Å². The summed E-state index contributed by atoms with van der Waals surface area (Å²) in [5.74, 6) is 0.593. The van der Waals surface area contributed by atoms with Gasteiger partial charge in [-0.25, -0.2) is 22.9 Å². The van der Waals surface area contributed by atoms with Crippen molar-refractivity contribution >= 4 is 37.9 Å². The number of sulfonamides is 1. The molecule has 0 amide bonds. The van der Waals surface area contributed by atoms with Crippen molar-refractivity contribution in [1.82, 2.24) is 9.71 Å². The Hall–Kier alpha value is -4.21. The van der Waals surface area contributed by atoms with Crippen LogP contribution in [0.25, 0.3) is 33.3 Å². The topological polar surface area (TPSA) is 108 Å². The van der Waals surface area contributed by atoms with Crippen molar-refractivity contribution in [3.63, 3.8) is 0 Å². The lowest BCUT2D eigenvalue weighted by Crippen LogP contribution is -2.40. The SMILES string of the molecule is COC(=O)c1cc(-c2oc3ccccc3c2C)nc2c(C)ccc(OCCc3ccc(S(=O)(=O)NC(C)(C)C)cc3)c12. The van der Waals surface area contributed by atoms with Gasteiger partial charge in [-0.1, -0.05) is 36.4 Å². The first-order chi connectivity index (χ1) is 19.9. The molecule has 2 aromatic heterocycles. The van der Waals surface area contributed by atoms with E-state index in [4.69, 9.17) is 18.9 Å². The van der Waals surface area contributed by atoms with Gasteiger partial charge in [-0.3, -0.25) is 0 Å². The van der Waals surface area contributed by atoms with Crippen LogP contribution in [-0.2, 0) is 21.2 Å². The molecule has 0 atom stereocenters. The molecular weight excluding hydrogens is 552 g/mol. The van der Waals surface area contributed by atoms with Crippen LogP contribution in [0.2, 0.25) is 0 Å². The number of aromatic nitrogens is 1. The van der Waals surface area contributed by atoms with Crippen LogP contribution in [0.4, 0.5) is 0 Å². The summed E-state index contributed by atoms with van der Waals surface area (Å²) in [7, 11) is -2.27. The molecule has 3 aromatic carbocycles. The summed E-state index contributed by atoms with van der Waals surface area (Å²) < 4.78 is 45.4. The quantitative estimate of drug-likeness (QED) is 0.200. The second kappa shape index (κ2) is 11.2. The average Bonchev–Trinajstić information content (AvgIpc) is 3.28. The fourth-order valence-electron chi connectivity index (χ4n) is 4.95. The Labute approximate surface area is 245 Å². The molecule has 218 valence electrons. The Balaban J connectivity index is 1.45. The number of nitrogens with zero attached hydrogens (tertiary/aromatic N) is 1. The van der Waals surface area contributed by atoms with Gasteiger partial charge in [-0.15, -0.1) is 0 Å². The number of hydrogen-bond donors (Lipinski definition) is 1. The summed E-state index contributed by atoms with van der Waals surface area (Å²) >= 11 is 0. The molecule has 0 spiro atoms. The molecule has 2 heterocycles. The minimum atomic E-state index is -3.62. The van der Waals surface area contributed by atoms with Crippen molar-refractivity contribution in [1.29, 1.82) is 0 Å². The molecule has 0 aliphatic heterocycles. The van der Waals surface area contributed by atoms with Crippen LogP contribution in [0.5, 0.6) is 5.75 Å². The van der Waals surface area contributed by atoms with Gasteiger partial charge in [0.05, 0.1) is 35.1 Å². The van der Waals surface area contributed by atoms with Crippen molar-refractivity contribution in [2.45, 2.75) is 51.5 Å². The monoisotopic (exact) mass is 586 g/mol.